The molecule has 2 aliphatic heterocycles. The summed E-state index contributed by atoms with van der Waals surface area (Å²) in [4.78, 5) is 2.59. The lowest BCUT2D eigenvalue weighted by atomic mass is 9.98. The van der Waals surface area contributed by atoms with Gasteiger partial charge in [-0.25, -0.2) is 0 Å². The summed E-state index contributed by atoms with van der Waals surface area (Å²) in [6.07, 6.45) is 2.81. The highest BCUT2D eigenvalue weighted by Crippen LogP contribution is 2.20. The van der Waals surface area contributed by atoms with Gasteiger partial charge in [0.2, 0.25) is 0 Å². The molecule has 0 N–H and O–H groups in total. The fourth-order valence-corrected chi connectivity index (χ4v) is 1.99. The maximum absolute atomic E-state index is 5.18. The second-order valence-corrected chi connectivity index (χ2v) is 3.93. The van der Waals surface area contributed by atoms with Crippen LogP contribution in [0.1, 0.15) is 19.8 Å². The van der Waals surface area contributed by atoms with Crippen LogP contribution in [-0.4, -0.2) is 37.2 Å². The summed E-state index contributed by atoms with van der Waals surface area (Å²) in [5, 5.41) is 0. The van der Waals surface area contributed by atoms with Gasteiger partial charge >= 0.3 is 0 Å². The first-order valence-electron chi connectivity index (χ1n) is 4.68. The third kappa shape index (κ3) is 1.57. The highest BCUT2D eigenvalue weighted by atomic mass is 16.5. The minimum absolute atomic E-state index is 0.762. The van der Waals surface area contributed by atoms with Crippen molar-refractivity contribution in [3.63, 3.8) is 0 Å². The molecule has 0 amide bonds. The second-order valence-electron chi connectivity index (χ2n) is 3.93. The van der Waals surface area contributed by atoms with Crippen LogP contribution in [0.3, 0.4) is 0 Å². The summed E-state index contributed by atoms with van der Waals surface area (Å²) >= 11 is 0. The molecule has 0 aromatic carbocycles. The van der Waals surface area contributed by atoms with Crippen molar-refractivity contribution < 1.29 is 4.74 Å². The van der Waals surface area contributed by atoms with E-state index in [9.17, 15) is 0 Å². The van der Waals surface area contributed by atoms with Crippen LogP contribution in [0.15, 0.2) is 0 Å². The molecule has 2 fully saturated rings. The summed E-state index contributed by atoms with van der Waals surface area (Å²) in [5.41, 5.74) is 0. The second kappa shape index (κ2) is 3.11. The van der Waals surface area contributed by atoms with Gasteiger partial charge in [-0.1, -0.05) is 6.92 Å². The molecule has 0 aromatic heterocycles. The first-order valence-corrected chi connectivity index (χ1v) is 4.68. The predicted molar refractivity (Wildman–Crippen MR) is 44.6 cm³/mol. The Morgan fingerprint density at radius 1 is 1.36 bits per heavy atom. The van der Waals surface area contributed by atoms with E-state index < -0.39 is 0 Å². The van der Waals surface area contributed by atoms with Crippen molar-refractivity contribution in [2.45, 2.75) is 25.8 Å². The van der Waals surface area contributed by atoms with E-state index in [1.807, 2.05) is 0 Å². The maximum atomic E-state index is 5.18. The van der Waals surface area contributed by atoms with Gasteiger partial charge in [-0.3, -0.25) is 4.90 Å². The number of hydrogen-bond donors (Lipinski definition) is 0. The molecule has 0 radical (unpaired) electrons. The maximum Gasteiger partial charge on any atom is 0.0645 e. The Labute approximate surface area is 68.5 Å². The first-order chi connectivity index (χ1) is 5.36. The summed E-state index contributed by atoms with van der Waals surface area (Å²) in [6.45, 7) is 6.91. The van der Waals surface area contributed by atoms with Crippen LogP contribution in [0, 0.1) is 5.92 Å². The Bertz CT molecular complexity index is 134. The number of piperidine rings is 1. The molecule has 2 heteroatoms. The monoisotopic (exact) mass is 155 g/mol. The number of rotatable bonds is 1. The molecule has 0 aliphatic carbocycles. The van der Waals surface area contributed by atoms with E-state index >= 15 is 0 Å². The fraction of sp³-hybridized carbons (Fsp3) is 1.00. The van der Waals surface area contributed by atoms with Gasteiger partial charge in [0.25, 0.3) is 0 Å². The van der Waals surface area contributed by atoms with E-state index in [1.54, 1.807) is 0 Å². The average molecular weight is 155 g/mol. The predicted octanol–water partition coefficient (Wildman–Crippen LogP) is 1.12. The van der Waals surface area contributed by atoms with Crippen molar-refractivity contribution >= 4 is 0 Å². The van der Waals surface area contributed by atoms with Crippen molar-refractivity contribution in [2.75, 3.05) is 26.3 Å². The van der Waals surface area contributed by atoms with Gasteiger partial charge in [-0.05, 0) is 25.3 Å². The minimum atomic E-state index is 0.762. The Hall–Kier alpha value is -0.0800. The summed E-state index contributed by atoms with van der Waals surface area (Å²) in [5.74, 6) is 0.907. The van der Waals surface area contributed by atoms with E-state index in [4.69, 9.17) is 4.74 Å². The van der Waals surface area contributed by atoms with Crippen LogP contribution < -0.4 is 0 Å². The summed E-state index contributed by atoms with van der Waals surface area (Å²) < 4.78 is 5.18. The van der Waals surface area contributed by atoms with E-state index in [-0.39, 0.29) is 0 Å². The van der Waals surface area contributed by atoms with Crippen LogP contribution in [0.5, 0.6) is 0 Å². The number of hydrogen-bond acceptors (Lipinski definition) is 2. The number of nitrogens with zero attached hydrogens (tertiary/aromatic N) is 1. The molecule has 0 spiro atoms. The largest absolute Gasteiger partial charge is 0.378 e. The molecule has 0 bridgehead atoms. The van der Waals surface area contributed by atoms with Crippen LogP contribution in [0.25, 0.3) is 0 Å². The van der Waals surface area contributed by atoms with E-state index in [1.165, 1.54) is 25.9 Å². The molecule has 0 unspecified atom stereocenters. The van der Waals surface area contributed by atoms with Gasteiger partial charge in [0.1, 0.15) is 0 Å². The quantitative estimate of drug-likeness (QED) is 0.562. The molecule has 0 aromatic rings. The summed E-state index contributed by atoms with van der Waals surface area (Å²) in [6, 6.07) is 0.762. The van der Waals surface area contributed by atoms with Crippen LogP contribution in [0.2, 0.25) is 0 Å². The van der Waals surface area contributed by atoms with Crippen molar-refractivity contribution in [3.05, 3.63) is 0 Å². The zero-order valence-corrected chi connectivity index (χ0v) is 7.25. The molecule has 2 nitrogen and oxygen atoms in total. The first kappa shape index (κ1) is 7.56. The lowest BCUT2D eigenvalue weighted by Gasteiger charge is -2.41. The zero-order chi connectivity index (χ0) is 7.68. The third-order valence-corrected chi connectivity index (χ3v) is 2.83. The van der Waals surface area contributed by atoms with Gasteiger partial charge < -0.3 is 4.74 Å². The molecule has 64 valence electrons. The van der Waals surface area contributed by atoms with Gasteiger partial charge in [-0.15, -0.1) is 0 Å². The number of likely N-dealkylation sites (tertiary alicyclic amines) is 1. The molecular formula is C9H17NO. The van der Waals surface area contributed by atoms with Crippen LogP contribution >= 0.6 is 0 Å². The topological polar surface area (TPSA) is 12.5 Å². The van der Waals surface area contributed by atoms with Gasteiger partial charge in [0.05, 0.1) is 19.3 Å². The lowest BCUT2D eigenvalue weighted by molar-refractivity contribution is -0.0752. The zero-order valence-electron chi connectivity index (χ0n) is 7.25. The van der Waals surface area contributed by atoms with Crippen molar-refractivity contribution in [1.82, 2.24) is 4.90 Å². The smallest absolute Gasteiger partial charge is 0.0645 e. The molecule has 2 aliphatic rings. The van der Waals surface area contributed by atoms with Crippen molar-refractivity contribution in [3.8, 4) is 0 Å². The SMILES string of the molecule is C[C@H]1CCCN(C2COC2)C1. The van der Waals surface area contributed by atoms with Crippen LogP contribution in [0.4, 0.5) is 0 Å². The van der Waals surface area contributed by atoms with Crippen LogP contribution in [-0.2, 0) is 4.74 Å². The van der Waals surface area contributed by atoms with Gasteiger partial charge in [0.15, 0.2) is 0 Å². The molecular weight excluding hydrogens is 138 g/mol. The van der Waals surface area contributed by atoms with Gasteiger partial charge in [-0.2, -0.15) is 0 Å². The minimum Gasteiger partial charge on any atom is -0.378 e. The standard InChI is InChI=1S/C9H17NO/c1-8-3-2-4-10(5-8)9-6-11-7-9/h8-9H,2-7H2,1H3/t8-/m0/s1. The molecule has 0 saturated carbocycles. The van der Waals surface area contributed by atoms with E-state index in [2.05, 4.69) is 11.8 Å². The Kier molecular flexibility index (Phi) is 2.14. The molecule has 11 heavy (non-hydrogen) atoms. The molecule has 2 rings (SSSR count). The fourth-order valence-electron chi connectivity index (χ4n) is 1.99. The van der Waals surface area contributed by atoms with E-state index in [0.717, 1.165) is 25.2 Å². The Morgan fingerprint density at radius 3 is 2.73 bits per heavy atom. The van der Waals surface area contributed by atoms with Crippen molar-refractivity contribution in [2.24, 2.45) is 5.92 Å². The molecule has 2 saturated heterocycles. The highest BCUT2D eigenvalue weighted by molar-refractivity contribution is 4.81. The van der Waals surface area contributed by atoms with E-state index in [0.29, 0.717) is 0 Å². The molecule has 1 atom stereocenters. The van der Waals surface area contributed by atoms with Gasteiger partial charge in [0, 0.05) is 6.54 Å². The Balaban J connectivity index is 1.82. The number of ether oxygens (including phenoxy) is 1. The lowest BCUT2D eigenvalue weighted by Crippen LogP contribution is -2.52. The average Bonchev–Trinajstić information content (AvgIpc) is 1.83. The van der Waals surface area contributed by atoms with Crippen molar-refractivity contribution in [1.29, 1.82) is 0 Å². The molecule has 2 heterocycles. The highest BCUT2D eigenvalue weighted by Gasteiger charge is 2.28. The summed E-state index contributed by atoms with van der Waals surface area (Å²) in [7, 11) is 0. The normalized spacial score (nSPS) is 35.2. The Morgan fingerprint density at radius 2 is 2.18 bits per heavy atom. The third-order valence-electron chi connectivity index (χ3n) is 2.83.